The highest BCUT2D eigenvalue weighted by Gasteiger charge is 2.20. The molecule has 70 valence electrons. The SMILES string of the molecule is CCc1nc(C)c2n1CC(=O)CC2. The Balaban J connectivity index is 2.48. The number of nitrogens with zero attached hydrogens (tertiary/aromatic N) is 2. The summed E-state index contributed by atoms with van der Waals surface area (Å²) in [7, 11) is 0. The van der Waals surface area contributed by atoms with Crippen LogP contribution in [-0.2, 0) is 24.2 Å². The normalized spacial score (nSPS) is 16.0. The minimum absolute atomic E-state index is 0.333. The molecule has 1 aliphatic rings. The van der Waals surface area contributed by atoms with Gasteiger partial charge < -0.3 is 4.57 Å². The molecule has 0 aliphatic carbocycles. The third-order valence-electron chi connectivity index (χ3n) is 2.64. The summed E-state index contributed by atoms with van der Waals surface area (Å²) >= 11 is 0. The van der Waals surface area contributed by atoms with Crippen molar-refractivity contribution in [1.82, 2.24) is 9.55 Å². The predicted octanol–water partition coefficient (Wildman–Crippen LogP) is 1.27. The average molecular weight is 178 g/mol. The van der Waals surface area contributed by atoms with E-state index in [1.807, 2.05) is 6.92 Å². The molecule has 3 heteroatoms. The highest BCUT2D eigenvalue weighted by atomic mass is 16.1. The first-order chi connectivity index (χ1) is 6.22. The van der Waals surface area contributed by atoms with Crippen LogP contribution in [-0.4, -0.2) is 15.3 Å². The molecule has 0 N–H and O–H groups in total. The Morgan fingerprint density at radius 3 is 2.92 bits per heavy atom. The van der Waals surface area contributed by atoms with Gasteiger partial charge in [-0.05, 0) is 13.3 Å². The van der Waals surface area contributed by atoms with Gasteiger partial charge in [-0.2, -0.15) is 0 Å². The zero-order valence-electron chi connectivity index (χ0n) is 8.13. The van der Waals surface area contributed by atoms with E-state index in [4.69, 9.17) is 0 Å². The number of aromatic nitrogens is 2. The fraction of sp³-hybridized carbons (Fsp3) is 0.600. The minimum atomic E-state index is 0.333. The second-order valence-corrected chi connectivity index (χ2v) is 3.54. The lowest BCUT2D eigenvalue weighted by Crippen LogP contribution is -2.21. The molecule has 2 rings (SSSR count). The second-order valence-electron chi connectivity index (χ2n) is 3.54. The largest absolute Gasteiger partial charge is 0.324 e. The summed E-state index contributed by atoms with van der Waals surface area (Å²) in [6.07, 6.45) is 2.47. The standard InChI is InChI=1S/C10H14N2O/c1-3-10-11-7(2)9-5-4-8(13)6-12(9)10/h3-6H2,1-2H3. The lowest BCUT2D eigenvalue weighted by atomic mass is 10.1. The molecule has 0 atom stereocenters. The van der Waals surface area contributed by atoms with Crippen LogP contribution in [0.25, 0.3) is 0 Å². The molecule has 13 heavy (non-hydrogen) atoms. The third-order valence-corrected chi connectivity index (χ3v) is 2.64. The van der Waals surface area contributed by atoms with Crippen LogP contribution < -0.4 is 0 Å². The first-order valence-corrected chi connectivity index (χ1v) is 4.79. The molecule has 1 aromatic rings. The van der Waals surface area contributed by atoms with E-state index < -0.39 is 0 Å². The number of Topliss-reactive ketones (excluding diaryl/α,β-unsaturated/α-hetero) is 1. The summed E-state index contributed by atoms with van der Waals surface area (Å²) in [4.78, 5) is 15.7. The monoisotopic (exact) mass is 178 g/mol. The van der Waals surface area contributed by atoms with Gasteiger partial charge >= 0.3 is 0 Å². The molecule has 0 fully saturated rings. The summed E-state index contributed by atoms with van der Waals surface area (Å²) in [5, 5.41) is 0. The van der Waals surface area contributed by atoms with Crippen LogP contribution in [0.15, 0.2) is 0 Å². The maximum absolute atomic E-state index is 11.3. The molecule has 1 aliphatic heterocycles. The van der Waals surface area contributed by atoms with Gasteiger partial charge in [-0.3, -0.25) is 4.79 Å². The first kappa shape index (κ1) is 8.48. The molecular weight excluding hydrogens is 164 g/mol. The number of hydrogen-bond donors (Lipinski definition) is 0. The summed E-state index contributed by atoms with van der Waals surface area (Å²) in [5.74, 6) is 1.39. The van der Waals surface area contributed by atoms with Gasteiger partial charge in [0.1, 0.15) is 5.82 Å². The van der Waals surface area contributed by atoms with Gasteiger partial charge in [0, 0.05) is 18.5 Å². The van der Waals surface area contributed by atoms with E-state index in [0.29, 0.717) is 18.7 Å². The van der Waals surface area contributed by atoms with Gasteiger partial charge in [0.05, 0.1) is 12.2 Å². The van der Waals surface area contributed by atoms with Gasteiger partial charge in [0.15, 0.2) is 5.78 Å². The van der Waals surface area contributed by atoms with E-state index in [1.165, 1.54) is 5.69 Å². The van der Waals surface area contributed by atoms with Crippen molar-refractivity contribution < 1.29 is 4.79 Å². The zero-order valence-corrected chi connectivity index (χ0v) is 8.13. The van der Waals surface area contributed by atoms with Gasteiger partial charge in [-0.1, -0.05) is 6.92 Å². The topological polar surface area (TPSA) is 34.9 Å². The Morgan fingerprint density at radius 1 is 1.46 bits per heavy atom. The van der Waals surface area contributed by atoms with Gasteiger partial charge in [0.2, 0.25) is 0 Å². The smallest absolute Gasteiger partial charge is 0.152 e. The summed E-state index contributed by atoms with van der Waals surface area (Å²) in [6.45, 7) is 4.65. The van der Waals surface area contributed by atoms with E-state index in [9.17, 15) is 4.79 Å². The number of carbonyl (C=O) groups excluding carboxylic acids is 1. The van der Waals surface area contributed by atoms with E-state index >= 15 is 0 Å². The van der Waals surface area contributed by atoms with Gasteiger partial charge in [-0.15, -0.1) is 0 Å². The number of carbonyl (C=O) groups is 1. The number of fused-ring (bicyclic) bond motifs is 1. The maximum Gasteiger partial charge on any atom is 0.152 e. The number of imidazole rings is 1. The van der Waals surface area contributed by atoms with Crippen LogP contribution in [0.2, 0.25) is 0 Å². The Bertz CT molecular complexity index is 352. The molecule has 0 saturated carbocycles. The first-order valence-electron chi connectivity index (χ1n) is 4.79. The molecule has 3 nitrogen and oxygen atoms in total. The lowest BCUT2D eigenvalue weighted by Gasteiger charge is -2.15. The molecule has 0 spiro atoms. The number of rotatable bonds is 1. The summed E-state index contributed by atoms with van der Waals surface area (Å²) in [5.41, 5.74) is 2.36. The van der Waals surface area contributed by atoms with Crippen molar-refractivity contribution in [2.45, 2.75) is 39.7 Å². The Labute approximate surface area is 77.8 Å². The molecular formula is C10H14N2O. The van der Waals surface area contributed by atoms with Crippen molar-refractivity contribution in [3.63, 3.8) is 0 Å². The number of aryl methyl sites for hydroxylation is 2. The molecule has 0 radical (unpaired) electrons. The van der Waals surface area contributed by atoms with E-state index in [-0.39, 0.29) is 0 Å². The molecule has 0 bridgehead atoms. The highest BCUT2D eigenvalue weighted by molar-refractivity contribution is 5.79. The van der Waals surface area contributed by atoms with Crippen LogP contribution in [0, 0.1) is 6.92 Å². The Kier molecular flexibility index (Phi) is 1.94. The molecule has 0 saturated heterocycles. The van der Waals surface area contributed by atoms with Crippen molar-refractivity contribution in [2.24, 2.45) is 0 Å². The molecule has 1 aromatic heterocycles. The van der Waals surface area contributed by atoms with E-state index in [0.717, 1.165) is 24.4 Å². The zero-order chi connectivity index (χ0) is 9.42. The quantitative estimate of drug-likeness (QED) is 0.649. The third kappa shape index (κ3) is 1.28. The number of ketones is 1. The van der Waals surface area contributed by atoms with Crippen LogP contribution in [0.3, 0.4) is 0 Å². The molecule has 0 unspecified atom stereocenters. The highest BCUT2D eigenvalue weighted by Crippen LogP contribution is 2.18. The molecule has 0 aromatic carbocycles. The Morgan fingerprint density at radius 2 is 2.23 bits per heavy atom. The fourth-order valence-electron chi connectivity index (χ4n) is 1.96. The number of hydrogen-bond acceptors (Lipinski definition) is 2. The van der Waals surface area contributed by atoms with E-state index in [2.05, 4.69) is 16.5 Å². The van der Waals surface area contributed by atoms with E-state index in [1.54, 1.807) is 0 Å². The van der Waals surface area contributed by atoms with Crippen LogP contribution in [0.4, 0.5) is 0 Å². The summed E-state index contributed by atoms with van der Waals surface area (Å²) < 4.78 is 2.08. The van der Waals surface area contributed by atoms with Gasteiger partial charge in [0.25, 0.3) is 0 Å². The van der Waals surface area contributed by atoms with Crippen molar-refractivity contribution >= 4 is 5.78 Å². The van der Waals surface area contributed by atoms with Crippen molar-refractivity contribution in [3.8, 4) is 0 Å². The summed E-state index contributed by atoms with van der Waals surface area (Å²) in [6, 6.07) is 0. The van der Waals surface area contributed by atoms with Crippen molar-refractivity contribution in [3.05, 3.63) is 17.2 Å². The molecule has 0 amide bonds. The maximum atomic E-state index is 11.3. The van der Waals surface area contributed by atoms with Crippen LogP contribution >= 0.6 is 0 Å². The molecule has 2 heterocycles. The van der Waals surface area contributed by atoms with Gasteiger partial charge in [-0.25, -0.2) is 4.98 Å². The second kappa shape index (κ2) is 2.98. The van der Waals surface area contributed by atoms with Crippen molar-refractivity contribution in [2.75, 3.05) is 0 Å². The van der Waals surface area contributed by atoms with Crippen molar-refractivity contribution in [1.29, 1.82) is 0 Å². The minimum Gasteiger partial charge on any atom is -0.324 e. The average Bonchev–Trinajstić information content (AvgIpc) is 2.42. The van der Waals surface area contributed by atoms with Crippen LogP contribution in [0.1, 0.15) is 30.6 Å². The predicted molar refractivity (Wildman–Crippen MR) is 49.7 cm³/mol. The fourth-order valence-corrected chi connectivity index (χ4v) is 1.96. The lowest BCUT2D eigenvalue weighted by molar-refractivity contribution is -0.120. The Hall–Kier alpha value is -1.12. The van der Waals surface area contributed by atoms with Crippen LogP contribution in [0.5, 0.6) is 0 Å².